The van der Waals surface area contributed by atoms with Crippen molar-refractivity contribution in [2.45, 2.75) is 46.2 Å². The summed E-state index contributed by atoms with van der Waals surface area (Å²) in [5.41, 5.74) is 2.08. The highest BCUT2D eigenvalue weighted by atomic mass is 32.1. The number of carbonyl (C=O) groups is 1. The number of halogens is 3. The Morgan fingerprint density at radius 1 is 1.05 bits per heavy atom. The van der Waals surface area contributed by atoms with Crippen LogP contribution in [-0.2, 0) is 19.0 Å². The van der Waals surface area contributed by atoms with Gasteiger partial charge in [0.25, 0.3) is 5.91 Å². The van der Waals surface area contributed by atoms with E-state index >= 15 is 0 Å². The van der Waals surface area contributed by atoms with Gasteiger partial charge in [-0.05, 0) is 72.6 Å². The summed E-state index contributed by atoms with van der Waals surface area (Å²) in [6.45, 7) is 6.74. The Morgan fingerprint density at radius 3 is 2.54 bits per heavy atom. The minimum atomic E-state index is -4.44. The van der Waals surface area contributed by atoms with Crippen molar-refractivity contribution in [3.8, 4) is 11.3 Å². The number of thiophene rings is 1. The highest BCUT2D eigenvalue weighted by molar-refractivity contribution is 7.16. The molecule has 1 amide bonds. The number of fused-ring (bicyclic) bond motifs is 1. The quantitative estimate of drug-likeness (QED) is 0.252. The van der Waals surface area contributed by atoms with Gasteiger partial charge >= 0.3 is 6.18 Å². The van der Waals surface area contributed by atoms with Crippen LogP contribution in [-0.4, -0.2) is 12.1 Å². The molecule has 39 heavy (non-hydrogen) atoms. The zero-order valence-corrected chi connectivity index (χ0v) is 22.7. The second kappa shape index (κ2) is 10.5. The molecule has 0 fully saturated rings. The summed E-state index contributed by atoms with van der Waals surface area (Å²) in [4.78, 5) is 19.3. The number of hydrogen-bond acceptors (Lipinski definition) is 4. The number of rotatable bonds is 5. The maximum Gasteiger partial charge on any atom is 0.416 e. The van der Waals surface area contributed by atoms with Gasteiger partial charge in [0.05, 0.1) is 17.3 Å². The minimum absolute atomic E-state index is 0.158. The van der Waals surface area contributed by atoms with E-state index in [0.717, 1.165) is 37.0 Å². The molecule has 2 aromatic carbocycles. The summed E-state index contributed by atoms with van der Waals surface area (Å²) in [7, 11) is 0. The maximum atomic E-state index is 13.5. The lowest BCUT2D eigenvalue weighted by Crippen LogP contribution is -2.27. The summed E-state index contributed by atoms with van der Waals surface area (Å²) >= 11 is 1.52. The zero-order chi connectivity index (χ0) is 27.8. The summed E-state index contributed by atoms with van der Waals surface area (Å²) in [6.07, 6.45) is -0.213. The predicted octanol–water partition coefficient (Wildman–Crippen LogP) is 9.18. The number of hydrogen-bond donors (Lipinski definition) is 1. The average molecular weight is 551 g/mol. The molecule has 5 rings (SSSR count). The summed E-state index contributed by atoms with van der Waals surface area (Å²) < 4.78 is 45.2. The van der Waals surface area contributed by atoms with E-state index < -0.39 is 11.7 Å². The van der Waals surface area contributed by atoms with Crippen molar-refractivity contribution >= 4 is 34.1 Å². The van der Waals surface area contributed by atoms with Crippen LogP contribution in [0, 0.1) is 11.3 Å². The Kier molecular flexibility index (Phi) is 7.25. The number of nitrogens with one attached hydrogen (secondary N) is 1. The Hall–Kier alpha value is -3.65. The standard InChI is InChI=1S/C31H29F3N2O2S/c1-30(2,3)20-12-14-24-26(17-20)39-29(27(24)28(37)36-22-10-5-4-6-11-22)35-18-23-13-15-25(38-23)19-8-7-9-21(16-19)31(32,33)34/h4-11,13,15-16,18,20H,12,14,17H2,1-3H3,(H,36,37)/t20-/m0/s1. The molecule has 4 nitrogen and oxygen atoms in total. The Bertz CT molecular complexity index is 1510. The molecule has 1 aliphatic carbocycles. The van der Waals surface area contributed by atoms with Crippen LogP contribution in [0.15, 0.2) is 76.1 Å². The molecule has 1 atom stereocenters. The fraction of sp³-hybridized carbons (Fsp3) is 0.290. The summed E-state index contributed by atoms with van der Waals surface area (Å²) in [6, 6.07) is 17.6. The largest absolute Gasteiger partial charge is 0.455 e. The van der Waals surface area contributed by atoms with Gasteiger partial charge in [0.1, 0.15) is 16.5 Å². The van der Waals surface area contributed by atoms with Crippen LogP contribution in [0.1, 0.15) is 59.3 Å². The van der Waals surface area contributed by atoms with Gasteiger partial charge < -0.3 is 9.73 Å². The summed E-state index contributed by atoms with van der Waals surface area (Å²) in [5.74, 6) is 0.994. The lowest BCUT2D eigenvalue weighted by molar-refractivity contribution is -0.137. The third kappa shape index (κ3) is 6.01. The van der Waals surface area contributed by atoms with Crippen LogP contribution in [0.5, 0.6) is 0 Å². The first-order valence-corrected chi connectivity index (χ1v) is 13.6. The SMILES string of the molecule is CC(C)(C)[C@H]1CCc2c(sc(N=Cc3ccc(-c4cccc(C(F)(F)F)c4)o3)c2C(=O)Nc2ccccc2)C1. The number of furan rings is 1. The van der Waals surface area contributed by atoms with E-state index in [1.807, 2.05) is 30.3 Å². The topological polar surface area (TPSA) is 54.6 Å². The van der Waals surface area contributed by atoms with Gasteiger partial charge in [0, 0.05) is 16.1 Å². The van der Waals surface area contributed by atoms with Gasteiger partial charge in [-0.3, -0.25) is 4.79 Å². The second-order valence-corrected chi connectivity index (χ2v) is 11.9. The molecule has 0 saturated carbocycles. The number of anilines is 1. The maximum absolute atomic E-state index is 13.5. The van der Waals surface area contributed by atoms with Crippen molar-refractivity contribution in [2.24, 2.45) is 16.3 Å². The number of para-hydroxylation sites is 1. The van der Waals surface area contributed by atoms with Crippen LogP contribution in [0.3, 0.4) is 0 Å². The van der Waals surface area contributed by atoms with Crippen LogP contribution in [0.2, 0.25) is 0 Å². The molecule has 0 bridgehead atoms. The smallest absolute Gasteiger partial charge is 0.416 e. The summed E-state index contributed by atoms with van der Waals surface area (Å²) in [5, 5.41) is 3.59. The van der Waals surface area contributed by atoms with Crippen LogP contribution >= 0.6 is 11.3 Å². The molecular weight excluding hydrogens is 521 g/mol. The van der Waals surface area contributed by atoms with Gasteiger partial charge in [-0.15, -0.1) is 11.3 Å². The van der Waals surface area contributed by atoms with E-state index in [4.69, 9.17) is 4.42 Å². The first-order chi connectivity index (χ1) is 18.5. The minimum Gasteiger partial charge on any atom is -0.455 e. The number of nitrogens with zero attached hydrogens (tertiary/aromatic N) is 1. The first kappa shape index (κ1) is 26.9. The number of alkyl halides is 3. The van der Waals surface area contributed by atoms with E-state index in [0.29, 0.717) is 39.3 Å². The molecule has 4 aromatic rings. The zero-order valence-electron chi connectivity index (χ0n) is 21.9. The van der Waals surface area contributed by atoms with Gasteiger partial charge in [0.15, 0.2) is 0 Å². The molecular formula is C31H29F3N2O2S. The molecule has 1 aliphatic rings. The van der Waals surface area contributed by atoms with E-state index in [1.54, 1.807) is 18.2 Å². The molecule has 1 N–H and O–H groups in total. The van der Waals surface area contributed by atoms with E-state index in [-0.39, 0.29) is 11.3 Å². The molecule has 2 aromatic heterocycles. The fourth-order valence-electron chi connectivity index (χ4n) is 4.90. The second-order valence-electron chi connectivity index (χ2n) is 10.8. The highest BCUT2D eigenvalue weighted by Crippen LogP contribution is 2.45. The molecule has 0 saturated heterocycles. The normalized spacial score (nSPS) is 15.9. The molecule has 0 spiro atoms. The van der Waals surface area contributed by atoms with Gasteiger partial charge in [-0.1, -0.05) is 51.1 Å². The van der Waals surface area contributed by atoms with Crippen LogP contribution < -0.4 is 5.32 Å². The van der Waals surface area contributed by atoms with E-state index in [2.05, 4.69) is 31.1 Å². The molecule has 0 unspecified atom stereocenters. The van der Waals surface area contributed by atoms with Crippen molar-refractivity contribution in [1.82, 2.24) is 0 Å². The molecule has 0 aliphatic heterocycles. The monoisotopic (exact) mass is 550 g/mol. The number of carbonyl (C=O) groups excluding carboxylic acids is 1. The third-order valence-electron chi connectivity index (χ3n) is 7.14. The van der Waals surface area contributed by atoms with Crippen molar-refractivity contribution in [2.75, 3.05) is 5.32 Å². The van der Waals surface area contributed by atoms with E-state index in [9.17, 15) is 18.0 Å². The molecule has 0 radical (unpaired) electrons. The molecule has 2 heterocycles. The van der Waals surface area contributed by atoms with Gasteiger partial charge in [-0.2, -0.15) is 13.2 Å². The lowest BCUT2D eigenvalue weighted by atomic mass is 9.72. The van der Waals surface area contributed by atoms with Gasteiger partial charge in [0.2, 0.25) is 0 Å². The molecule has 8 heteroatoms. The fourth-order valence-corrected chi connectivity index (χ4v) is 6.17. The third-order valence-corrected chi connectivity index (χ3v) is 8.30. The van der Waals surface area contributed by atoms with Crippen LogP contribution in [0.25, 0.3) is 11.3 Å². The van der Waals surface area contributed by atoms with E-state index in [1.165, 1.54) is 28.5 Å². The highest BCUT2D eigenvalue weighted by Gasteiger charge is 2.34. The van der Waals surface area contributed by atoms with Crippen molar-refractivity contribution in [3.05, 3.63) is 94.1 Å². The van der Waals surface area contributed by atoms with Crippen molar-refractivity contribution < 1.29 is 22.4 Å². The Morgan fingerprint density at radius 2 is 1.82 bits per heavy atom. The Balaban J connectivity index is 1.45. The number of aliphatic imine (C=N–C) groups is 1. The molecule has 202 valence electrons. The first-order valence-electron chi connectivity index (χ1n) is 12.8. The predicted molar refractivity (Wildman–Crippen MR) is 150 cm³/mol. The van der Waals surface area contributed by atoms with Crippen LogP contribution in [0.4, 0.5) is 23.9 Å². The average Bonchev–Trinajstić information content (AvgIpc) is 3.51. The number of benzene rings is 2. The Labute approximate surface area is 229 Å². The lowest BCUT2D eigenvalue weighted by Gasteiger charge is -2.33. The van der Waals surface area contributed by atoms with Gasteiger partial charge in [-0.25, -0.2) is 4.99 Å². The number of amides is 1. The van der Waals surface area contributed by atoms with Crippen molar-refractivity contribution in [1.29, 1.82) is 0 Å². The van der Waals surface area contributed by atoms with Crippen molar-refractivity contribution in [3.63, 3.8) is 0 Å².